The minimum atomic E-state index is -0.633. The van der Waals surface area contributed by atoms with E-state index < -0.39 is 6.03 Å². The van der Waals surface area contributed by atoms with Crippen molar-refractivity contribution in [3.63, 3.8) is 0 Å². The molecular formula is C10H10N4O. The standard InChI is InChI=1S/C10H10N4O/c11-10(15)14-9-6-12-8-4-2-1-3-7(8)5-13-9/h1-6,12H,(H3,11,14,15). The van der Waals surface area contributed by atoms with Gasteiger partial charge in [0.1, 0.15) is 5.82 Å². The summed E-state index contributed by atoms with van der Waals surface area (Å²) in [7, 11) is 0. The molecule has 0 atom stereocenters. The molecule has 0 radical (unpaired) electrons. The van der Waals surface area contributed by atoms with Crippen LogP contribution in [0.1, 0.15) is 5.56 Å². The molecule has 76 valence electrons. The third kappa shape index (κ3) is 2.14. The van der Waals surface area contributed by atoms with E-state index in [0.717, 1.165) is 11.3 Å². The average molecular weight is 202 g/mol. The number of urea groups is 1. The smallest absolute Gasteiger partial charge is 0.317 e. The minimum Gasteiger partial charge on any atom is -0.358 e. The summed E-state index contributed by atoms with van der Waals surface area (Å²) >= 11 is 0. The molecule has 4 N–H and O–H groups in total. The van der Waals surface area contributed by atoms with E-state index in [-0.39, 0.29) is 0 Å². The molecular weight excluding hydrogens is 192 g/mol. The Morgan fingerprint density at radius 3 is 3.00 bits per heavy atom. The molecule has 5 heteroatoms. The zero-order valence-electron chi connectivity index (χ0n) is 7.90. The van der Waals surface area contributed by atoms with Crippen molar-refractivity contribution < 1.29 is 4.79 Å². The molecule has 0 aliphatic carbocycles. The van der Waals surface area contributed by atoms with Crippen molar-refractivity contribution in [2.45, 2.75) is 0 Å². The summed E-state index contributed by atoms with van der Waals surface area (Å²) in [4.78, 5) is 14.7. The molecule has 15 heavy (non-hydrogen) atoms. The Balaban J connectivity index is 2.25. The van der Waals surface area contributed by atoms with Gasteiger partial charge in [0.05, 0.1) is 0 Å². The number of primary amides is 1. The average Bonchev–Trinajstić information content (AvgIpc) is 2.41. The maximum absolute atomic E-state index is 10.6. The van der Waals surface area contributed by atoms with Crippen LogP contribution in [0.25, 0.3) is 0 Å². The fourth-order valence-electron chi connectivity index (χ4n) is 1.26. The first-order chi connectivity index (χ1) is 7.25. The van der Waals surface area contributed by atoms with E-state index in [2.05, 4.69) is 15.6 Å². The molecule has 0 unspecified atom stereocenters. The number of carbonyl (C=O) groups excluding carboxylic acids is 1. The Morgan fingerprint density at radius 2 is 2.20 bits per heavy atom. The molecule has 2 rings (SSSR count). The molecule has 0 saturated carbocycles. The normalized spacial score (nSPS) is 13.2. The summed E-state index contributed by atoms with van der Waals surface area (Å²) in [5.74, 6) is 0.388. The first-order valence-electron chi connectivity index (χ1n) is 4.42. The highest BCUT2D eigenvalue weighted by atomic mass is 16.2. The highest BCUT2D eigenvalue weighted by molar-refractivity contribution is 5.89. The van der Waals surface area contributed by atoms with Crippen molar-refractivity contribution in [1.82, 2.24) is 5.32 Å². The SMILES string of the molecule is NC(=O)NC1=CNc2ccccc2C=N1. The van der Waals surface area contributed by atoms with Gasteiger partial charge in [-0.3, -0.25) is 5.32 Å². The van der Waals surface area contributed by atoms with Gasteiger partial charge in [-0.05, 0) is 6.07 Å². The number of hydrogen-bond acceptors (Lipinski definition) is 3. The minimum absolute atomic E-state index is 0.388. The van der Waals surface area contributed by atoms with Gasteiger partial charge >= 0.3 is 6.03 Å². The largest absolute Gasteiger partial charge is 0.358 e. The Labute approximate surface area is 86.7 Å². The number of nitrogens with zero attached hydrogens (tertiary/aromatic N) is 1. The molecule has 0 saturated heterocycles. The topological polar surface area (TPSA) is 79.5 Å². The maximum atomic E-state index is 10.6. The molecule has 1 aromatic carbocycles. The van der Waals surface area contributed by atoms with Gasteiger partial charge < -0.3 is 11.1 Å². The number of para-hydroxylation sites is 1. The molecule has 1 aliphatic heterocycles. The van der Waals surface area contributed by atoms with Gasteiger partial charge in [0.2, 0.25) is 0 Å². The van der Waals surface area contributed by atoms with Crippen LogP contribution in [0.4, 0.5) is 10.5 Å². The highest BCUT2D eigenvalue weighted by Gasteiger charge is 2.04. The third-order valence-electron chi connectivity index (χ3n) is 1.92. The second-order valence-electron chi connectivity index (χ2n) is 3.01. The lowest BCUT2D eigenvalue weighted by Gasteiger charge is -2.02. The lowest BCUT2D eigenvalue weighted by Crippen LogP contribution is -2.28. The number of anilines is 1. The van der Waals surface area contributed by atoms with Crippen LogP contribution in [-0.4, -0.2) is 12.2 Å². The van der Waals surface area contributed by atoms with E-state index in [0.29, 0.717) is 5.82 Å². The number of aliphatic imine (C=N–C) groups is 1. The van der Waals surface area contributed by atoms with Crippen LogP contribution in [0, 0.1) is 0 Å². The van der Waals surface area contributed by atoms with Gasteiger partial charge in [-0.15, -0.1) is 0 Å². The zero-order valence-corrected chi connectivity index (χ0v) is 7.90. The van der Waals surface area contributed by atoms with Gasteiger partial charge in [-0.1, -0.05) is 18.2 Å². The van der Waals surface area contributed by atoms with Crippen LogP contribution < -0.4 is 16.4 Å². The van der Waals surface area contributed by atoms with Crippen molar-refractivity contribution in [2.75, 3.05) is 5.32 Å². The van der Waals surface area contributed by atoms with E-state index in [1.165, 1.54) is 0 Å². The molecule has 1 aliphatic rings. The zero-order chi connectivity index (χ0) is 10.7. The van der Waals surface area contributed by atoms with Crippen molar-refractivity contribution in [3.8, 4) is 0 Å². The van der Waals surface area contributed by atoms with Crippen LogP contribution in [0.5, 0.6) is 0 Å². The summed E-state index contributed by atoms with van der Waals surface area (Å²) in [5, 5.41) is 5.42. The second kappa shape index (κ2) is 3.83. The summed E-state index contributed by atoms with van der Waals surface area (Å²) in [5.41, 5.74) is 6.87. The van der Waals surface area contributed by atoms with Crippen molar-refractivity contribution in [3.05, 3.63) is 41.8 Å². The number of carbonyl (C=O) groups is 1. The van der Waals surface area contributed by atoms with Gasteiger partial charge in [0.15, 0.2) is 0 Å². The summed E-state index contributed by atoms with van der Waals surface area (Å²) in [6.45, 7) is 0. The predicted octanol–water partition coefficient (Wildman–Crippen LogP) is 0.998. The molecule has 0 aromatic heterocycles. The second-order valence-corrected chi connectivity index (χ2v) is 3.01. The Morgan fingerprint density at radius 1 is 1.40 bits per heavy atom. The monoisotopic (exact) mass is 202 g/mol. The molecule has 0 fully saturated rings. The van der Waals surface area contributed by atoms with Crippen LogP contribution in [0.15, 0.2) is 41.3 Å². The van der Waals surface area contributed by atoms with Crippen molar-refractivity contribution in [1.29, 1.82) is 0 Å². The van der Waals surface area contributed by atoms with E-state index >= 15 is 0 Å². The Kier molecular flexibility index (Phi) is 2.37. The van der Waals surface area contributed by atoms with E-state index in [1.54, 1.807) is 12.4 Å². The van der Waals surface area contributed by atoms with E-state index in [9.17, 15) is 4.79 Å². The number of fused-ring (bicyclic) bond motifs is 1. The number of nitrogens with one attached hydrogen (secondary N) is 2. The van der Waals surface area contributed by atoms with Crippen LogP contribution in [0.3, 0.4) is 0 Å². The number of benzene rings is 1. The van der Waals surface area contributed by atoms with Crippen LogP contribution in [-0.2, 0) is 0 Å². The fourth-order valence-corrected chi connectivity index (χ4v) is 1.26. The van der Waals surface area contributed by atoms with Crippen molar-refractivity contribution in [2.24, 2.45) is 10.7 Å². The van der Waals surface area contributed by atoms with Crippen molar-refractivity contribution >= 4 is 17.9 Å². The maximum Gasteiger partial charge on any atom is 0.317 e. The molecule has 1 heterocycles. The Hall–Kier alpha value is -2.30. The summed E-state index contributed by atoms with van der Waals surface area (Å²) in [6, 6.07) is 7.04. The third-order valence-corrected chi connectivity index (χ3v) is 1.92. The first-order valence-corrected chi connectivity index (χ1v) is 4.42. The van der Waals surface area contributed by atoms with E-state index in [4.69, 9.17) is 5.73 Å². The molecule has 5 nitrogen and oxygen atoms in total. The first kappa shape index (κ1) is 9.26. The van der Waals surface area contributed by atoms with Gasteiger partial charge in [-0.2, -0.15) is 0 Å². The molecule has 1 aromatic rings. The highest BCUT2D eigenvalue weighted by Crippen LogP contribution is 2.15. The lowest BCUT2D eigenvalue weighted by atomic mass is 10.2. The number of nitrogens with two attached hydrogens (primary N) is 1. The number of rotatable bonds is 1. The fraction of sp³-hybridized carbons (Fsp3) is 0. The van der Waals surface area contributed by atoms with Gasteiger partial charge in [0, 0.05) is 23.7 Å². The number of amides is 2. The van der Waals surface area contributed by atoms with Gasteiger partial charge in [0.25, 0.3) is 0 Å². The quantitative estimate of drug-likeness (QED) is 0.635. The predicted molar refractivity (Wildman–Crippen MR) is 58.5 cm³/mol. The molecule has 0 bridgehead atoms. The summed E-state index contributed by atoms with van der Waals surface area (Å²) < 4.78 is 0. The number of hydrogen-bond donors (Lipinski definition) is 3. The van der Waals surface area contributed by atoms with Gasteiger partial charge in [-0.25, -0.2) is 9.79 Å². The lowest BCUT2D eigenvalue weighted by molar-refractivity contribution is 0.251. The molecule has 0 spiro atoms. The summed E-state index contributed by atoms with van der Waals surface area (Å²) in [6.07, 6.45) is 3.25. The molecule has 2 amide bonds. The Bertz CT molecular complexity index is 450. The van der Waals surface area contributed by atoms with Crippen LogP contribution in [0.2, 0.25) is 0 Å². The van der Waals surface area contributed by atoms with E-state index in [1.807, 2.05) is 24.3 Å². The van der Waals surface area contributed by atoms with Crippen LogP contribution >= 0.6 is 0 Å².